The van der Waals surface area contributed by atoms with E-state index >= 15 is 0 Å². The summed E-state index contributed by atoms with van der Waals surface area (Å²) in [6, 6.07) is 0. The van der Waals surface area contributed by atoms with Gasteiger partial charge in [-0.15, -0.1) is 0 Å². The third kappa shape index (κ3) is 3.72. The largest absolute Gasteiger partial charge is 0.356 e. The highest BCUT2D eigenvalue weighted by atomic mass is 16.2. The molecule has 0 bridgehead atoms. The number of carbonyl (C=O) groups is 2. The number of amides is 2. The molecule has 2 amide bonds. The van der Waals surface area contributed by atoms with Gasteiger partial charge in [-0.3, -0.25) is 9.59 Å². The van der Waals surface area contributed by atoms with Crippen LogP contribution in [0, 0.1) is 11.8 Å². The zero-order valence-electron chi connectivity index (χ0n) is 10.3. The van der Waals surface area contributed by atoms with Crippen molar-refractivity contribution in [2.75, 3.05) is 13.1 Å². The Balaban J connectivity index is 1.67. The van der Waals surface area contributed by atoms with E-state index in [9.17, 15) is 9.59 Å². The normalized spacial score (nSPS) is 26.4. The van der Waals surface area contributed by atoms with Crippen LogP contribution in [0.25, 0.3) is 0 Å². The second-order valence-electron chi connectivity index (χ2n) is 5.29. The first kappa shape index (κ1) is 12.4. The molecular weight excluding hydrogens is 216 g/mol. The molecule has 0 radical (unpaired) electrons. The second kappa shape index (κ2) is 6.03. The Kier molecular flexibility index (Phi) is 4.40. The van der Waals surface area contributed by atoms with E-state index in [0.29, 0.717) is 25.3 Å². The number of rotatable bonds is 3. The molecule has 2 rings (SSSR count). The van der Waals surface area contributed by atoms with Crippen molar-refractivity contribution in [1.82, 2.24) is 10.6 Å². The first-order valence-corrected chi connectivity index (χ1v) is 6.80. The highest BCUT2D eigenvalue weighted by Gasteiger charge is 2.24. The van der Waals surface area contributed by atoms with Crippen LogP contribution < -0.4 is 10.6 Å². The lowest BCUT2D eigenvalue weighted by atomic mass is 9.89. The first-order chi connectivity index (χ1) is 8.25. The van der Waals surface area contributed by atoms with E-state index in [0.717, 1.165) is 6.54 Å². The van der Waals surface area contributed by atoms with Crippen molar-refractivity contribution in [3.63, 3.8) is 0 Å². The lowest BCUT2D eigenvalue weighted by Gasteiger charge is -2.25. The molecule has 0 aromatic rings. The van der Waals surface area contributed by atoms with Crippen molar-refractivity contribution in [2.24, 2.45) is 11.8 Å². The molecule has 4 nitrogen and oxygen atoms in total. The van der Waals surface area contributed by atoms with Crippen LogP contribution in [0.5, 0.6) is 0 Å². The fourth-order valence-corrected chi connectivity index (χ4v) is 2.74. The highest BCUT2D eigenvalue weighted by Crippen LogP contribution is 2.23. The summed E-state index contributed by atoms with van der Waals surface area (Å²) in [5.41, 5.74) is 0. The summed E-state index contributed by atoms with van der Waals surface area (Å²) < 4.78 is 0. The molecule has 96 valence electrons. The molecule has 1 aliphatic heterocycles. The lowest BCUT2D eigenvalue weighted by molar-refractivity contribution is -0.129. The van der Waals surface area contributed by atoms with Crippen LogP contribution in [-0.4, -0.2) is 24.9 Å². The van der Waals surface area contributed by atoms with Gasteiger partial charge in [-0.25, -0.2) is 0 Å². The predicted molar refractivity (Wildman–Crippen MR) is 65.3 cm³/mol. The zero-order chi connectivity index (χ0) is 12.1. The van der Waals surface area contributed by atoms with Crippen LogP contribution in [0.3, 0.4) is 0 Å². The molecule has 0 aromatic carbocycles. The minimum absolute atomic E-state index is 0.0173. The van der Waals surface area contributed by atoms with Gasteiger partial charge in [0.15, 0.2) is 0 Å². The van der Waals surface area contributed by atoms with Gasteiger partial charge < -0.3 is 10.6 Å². The molecule has 4 heteroatoms. The topological polar surface area (TPSA) is 58.2 Å². The van der Waals surface area contributed by atoms with E-state index < -0.39 is 0 Å². The van der Waals surface area contributed by atoms with Crippen LogP contribution >= 0.6 is 0 Å². The Morgan fingerprint density at radius 2 is 2.00 bits per heavy atom. The van der Waals surface area contributed by atoms with E-state index in [1.54, 1.807) is 0 Å². The quantitative estimate of drug-likeness (QED) is 0.776. The van der Waals surface area contributed by atoms with Crippen molar-refractivity contribution >= 4 is 11.8 Å². The molecule has 1 saturated heterocycles. The fraction of sp³-hybridized carbons (Fsp3) is 0.846. The third-order valence-corrected chi connectivity index (χ3v) is 3.93. The van der Waals surface area contributed by atoms with Crippen LogP contribution in [0.1, 0.15) is 44.9 Å². The number of nitrogens with one attached hydrogen (secondary N) is 2. The van der Waals surface area contributed by atoms with Gasteiger partial charge in [0.2, 0.25) is 11.8 Å². The average Bonchev–Trinajstić information content (AvgIpc) is 2.38. The maximum atomic E-state index is 11.9. The van der Waals surface area contributed by atoms with E-state index in [1.165, 1.54) is 32.1 Å². The van der Waals surface area contributed by atoms with Crippen LogP contribution in [0.4, 0.5) is 0 Å². The molecule has 1 saturated carbocycles. The Morgan fingerprint density at radius 1 is 1.24 bits per heavy atom. The van der Waals surface area contributed by atoms with Gasteiger partial charge in [0.05, 0.1) is 5.92 Å². The van der Waals surface area contributed by atoms with Crippen molar-refractivity contribution in [3.8, 4) is 0 Å². The van der Waals surface area contributed by atoms with Gasteiger partial charge in [-0.2, -0.15) is 0 Å². The van der Waals surface area contributed by atoms with Crippen molar-refractivity contribution < 1.29 is 9.59 Å². The number of hydrogen-bond donors (Lipinski definition) is 2. The Bertz CT molecular complexity index is 275. The third-order valence-electron chi connectivity index (χ3n) is 3.93. The summed E-state index contributed by atoms with van der Waals surface area (Å²) in [6.07, 6.45) is 7.65. The maximum Gasteiger partial charge on any atom is 0.224 e. The summed E-state index contributed by atoms with van der Waals surface area (Å²) in [6.45, 7) is 1.33. The Labute approximate surface area is 103 Å². The van der Waals surface area contributed by atoms with Gasteiger partial charge in [0.1, 0.15) is 0 Å². The summed E-state index contributed by atoms with van der Waals surface area (Å²) >= 11 is 0. The van der Waals surface area contributed by atoms with Crippen molar-refractivity contribution in [2.45, 2.75) is 44.9 Å². The number of carbonyl (C=O) groups excluding carboxylic acids is 2. The Morgan fingerprint density at radius 3 is 2.65 bits per heavy atom. The van der Waals surface area contributed by atoms with Gasteiger partial charge in [-0.05, 0) is 25.2 Å². The minimum Gasteiger partial charge on any atom is -0.356 e. The molecule has 1 atom stereocenters. The van der Waals surface area contributed by atoms with Crippen molar-refractivity contribution in [3.05, 3.63) is 0 Å². The van der Waals surface area contributed by atoms with E-state index in [2.05, 4.69) is 10.6 Å². The molecule has 2 N–H and O–H groups in total. The van der Waals surface area contributed by atoms with Gasteiger partial charge in [-0.1, -0.05) is 19.3 Å². The smallest absolute Gasteiger partial charge is 0.224 e. The minimum atomic E-state index is -0.0173. The van der Waals surface area contributed by atoms with Crippen molar-refractivity contribution in [1.29, 1.82) is 0 Å². The van der Waals surface area contributed by atoms with Gasteiger partial charge in [0, 0.05) is 19.5 Å². The van der Waals surface area contributed by atoms with Gasteiger partial charge in [0.25, 0.3) is 0 Å². The molecule has 2 fully saturated rings. The summed E-state index contributed by atoms with van der Waals surface area (Å²) in [4.78, 5) is 22.9. The molecule has 17 heavy (non-hydrogen) atoms. The van der Waals surface area contributed by atoms with E-state index in [-0.39, 0.29) is 17.7 Å². The molecule has 1 unspecified atom stereocenters. The SMILES string of the molecule is O=C1CCC(C(=O)NCC2CCCCC2)CN1. The fourth-order valence-electron chi connectivity index (χ4n) is 2.74. The monoisotopic (exact) mass is 238 g/mol. The number of piperidine rings is 1. The zero-order valence-corrected chi connectivity index (χ0v) is 10.3. The molecule has 2 aliphatic rings. The van der Waals surface area contributed by atoms with Crippen LogP contribution in [0.2, 0.25) is 0 Å². The van der Waals surface area contributed by atoms with E-state index in [4.69, 9.17) is 0 Å². The molecule has 0 spiro atoms. The number of hydrogen-bond acceptors (Lipinski definition) is 2. The summed E-state index contributed by atoms with van der Waals surface area (Å²) in [5, 5.41) is 5.80. The average molecular weight is 238 g/mol. The summed E-state index contributed by atoms with van der Waals surface area (Å²) in [5.74, 6) is 0.846. The second-order valence-corrected chi connectivity index (χ2v) is 5.29. The van der Waals surface area contributed by atoms with Crippen LogP contribution in [-0.2, 0) is 9.59 Å². The highest BCUT2D eigenvalue weighted by molar-refractivity contribution is 5.83. The maximum absolute atomic E-state index is 11.9. The standard InChI is InChI=1S/C13H22N2O2/c16-12-7-6-11(9-14-12)13(17)15-8-10-4-2-1-3-5-10/h10-11H,1-9H2,(H,14,16)(H,15,17). The first-order valence-electron chi connectivity index (χ1n) is 6.80. The van der Waals surface area contributed by atoms with Gasteiger partial charge >= 0.3 is 0 Å². The molecular formula is C13H22N2O2. The molecule has 1 heterocycles. The van der Waals surface area contributed by atoms with E-state index in [1.807, 2.05) is 0 Å². The summed E-state index contributed by atoms with van der Waals surface area (Å²) in [7, 11) is 0. The molecule has 1 aliphatic carbocycles. The lowest BCUT2D eigenvalue weighted by Crippen LogP contribution is -2.44. The molecule has 0 aromatic heterocycles. The predicted octanol–water partition coefficient (Wildman–Crippen LogP) is 1.21. The Hall–Kier alpha value is -1.06. The van der Waals surface area contributed by atoms with Crippen LogP contribution in [0.15, 0.2) is 0 Å².